The molecule has 0 aliphatic heterocycles. The average molecular weight is 380 g/mol. The number of H-pyrrole nitrogens is 1. The molecule has 146 valence electrons. The molecule has 0 saturated heterocycles. The standard InChI is InChI=1S/C22H24N2O4/c1-14-4-3-5-15(8-14)9-17(22(26)27)13-24-21(25)10-16-12-23-20-7-6-18(28-2)11-19(16)20/h3-8,11-12,17,23H,9-10,13H2,1-2H3,(H,24,25)(H,26,27). The van der Waals surface area contributed by atoms with Crippen LogP contribution in [0.2, 0.25) is 0 Å². The SMILES string of the molecule is COc1ccc2[nH]cc(CC(=O)NCC(Cc3cccc(C)c3)C(=O)O)c2c1. The van der Waals surface area contributed by atoms with E-state index in [4.69, 9.17) is 4.74 Å². The summed E-state index contributed by atoms with van der Waals surface area (Å²) in [6.07, 6.45) is 2.34. The Bertz CT molecular complexity index is 993. The summed E-state index contributed by atoms with van der Waals surface area (Å²) in [6, 6.07) is 13.4. The third kappa shape index (κ3) is 4.71. The minimum absolute atomic E-state index is 0.0911. The number of aryl methyl sites for hydroxylation is 1. The first-order valence-corrected chi connectivity index (χ1v) is 9.15. The predicted molar refractivity (Wildman–Crippen MR) is 108 cm³/mol. The van der Waals surface area contributed by atoms with Gasteiger partial charge in [-0.15, -0.1) is 0 Å². The number of carbonyl (C=O) groups is 2. The number of methoxy groups -OCH3 is 1. The lowest BCUT2D eigenvalue weighted by atomic mass is 9.98. The Balaban J connectivity index is 1.63. The van der Waals surface area contributed by atoms with Gasteiger partial charge < -0.3 is 20.1 Å². The molecule has 0 spiro atoms. The smallest absolute Gasteiger partial charge is 0.308 e. The predicted octanol–water partition coefficient (Wildman–Crippen LogP) is 3.09. The third-order valence-electron chi connectivity index (χ3n) is 4.79. The number of hydrogen-bond donors (Lipinski definition) is 3. The molecule has 0 aliphatic rings. The second-order valence-corrected chi connectivity index (χ2v) is 6.93. The van der Waals surface area contributed by atoms with Crippen molar-refractivity contribution in [1.82, 2.24) is 10.3 Å². The Labute approximate surface area is 163 Å². The van der Waals surface area contributed by atoms with E-state index < -0.39 is 11.9 Å². The van der Waals surface area contributed by atoms with Gasteiger partial charge in [0.2, 0.25) is 5.91 Å². The monoisotopic (exact) mass is 380 g/mol. The number of benzene rings is 2. The second-order valence-electron chi connectivity index (χ2n) is 6.93. The lowest BCUT2D eigenvalue weighted by Gasteiger charge is -2.14. The van der Waals surface area contributed by atoms with Crippen molar-refractivity contribution in [1.29, 1.82) is 0 Å². The van der Waals surface area contributed by atoms with E-state index in [1.54, 1.807) is 13.3 Å². The van der Waals surface area contributed by atoms with Crippen molar-refractivity contribution >= 4 is 22.8 Å². The van der Waals surface area contributed by atoms with Crippen LogP contribution in [0.1, 0.15) is 16.7 Å². The summed E-state index contributed by atoms with van der Waals surface area (Å²) < 4.78 is 5.24. The summed E-state index contributed by atoms with van der Waals surface area (Å²) >= 11 is 0. The molecule has 1 atom stereocenters. The van der Waals surface area contributed by atoms with Crippen LogP contribution in [0.5, 0.6) is 5.75 Å². The van der Waals surface area contributed by atoms with Gasteiger partial charge in [0.05, 0.1) is 19.4 Å². The van der Waals surface area contributed by atoms with Crippen LogP contribution < -0.4 is 10.1 Å². The largest absolute Gasteiger partial charge is 0.497 e. The zero-order valence-corrected chi connectivity index (χ0v) is 16.0. The van der Waals surface area contributed by atoms with E-state index in [2.05, 4.69) is 10.3 Å². The molecule has 1 unspecified atom stereocenters. The highest BCUT2D eigenvalue weighted by Crippen LogP contribution is 2.24. The van der Waals surface area contributed by atoms with Gasteiger partial charge in [0.25, 0.3) is 0 Å². The van der Waals surface area contributed by atoms with Crippen LogP contribution >= 0.6 is 0 Å². The van der Waals surface area contributed by atoms with Crippen molar-refractivity contribution in [3.05, 3.63) is 65.4 Å². The molecule has 6 heteroatoms. The first-order chi connectivity index (χ1) is 13.5. The van der Waals surface area contributed by atoms with Crippen LogP contribution in [0.15, 0.2) is 48.7 Å². The van der Waals surface area contributed by atoms with Crippen molar-refractivity contribution in [3.8, 4) is 5.75 Å². The molecule has 3 rings (SSSR count). The summed E-state index contributed by atoms with van der Waals surface area (Å²) in [4.78, 5) is 27.1. The summed E-state index contributed by atoms with van der Waals surface area (Å²) in [5, 5.41) is 13.2. The van der Waals surface area contributed by atoms with E-state index in [-0.39, 0.29) is 18.9 Å². The number of carboxylic acid groups (broad SMARTS) is 1. The number of rotatable bonds is 8. The van der Waals surface area contributed by atoms with Crippen LogP contribution in [-0.4, -0.2) is 35.6 Å². The number of nitrogens with one attached hydrogen (secondary N) is 2. The molecular weight excluding hydrogens is 356 g/mol. The van der Waals surface area contributed by atoms with Gasteiger partial charge in [-0.25, -0.2) is 0 Å². The van der Waals surface area contributed by atoms with Crippen molar-refractivity contribution in [2.75, 3.05) is 13.7 Å². The number of hydrogen-bond acceptors (Lipinski definition) is 3. The molecule has 0 fully saturated rings. The van der Waals surface area contributed by atoms with E-state index in [0.29, 0.717) is 6.42 Å². The number of fused-ring (bicyclic) bond motifs is 1. The molecule has 0 radical (unpaired) electrons. The first kappa shape index (κ1) is 19.5. The molecule has 6 nitrogen and oxygen atoms in total. The summed E-state index contributed by atoms with van der Waals surface area (Å²) in [5.41, 5.74) is 3.80. The highest BCUT2D eigenvalue weighted by molar-refractivity contribution is 5.89. The van der Waals surface area contributed by atoms with E-state index >= 15 is 0 Å². The summed E-state index contributed by atoms with van der Waals surface area (Å²) in [6.45, 7) is 2.06. The van der Waals surface area contributed by atoms with Gasteiger partial charge in [-0.2, -0.15) is 0 Å². The van der Waals surface area contributed by atoms with Crippen molar-refractivity contribution < 1.29 is 19.4 Å². The molecule has 28 heavy (non-hydrogen) atoms. The fourth-order valence-corrected chi connectivity index (χ4v) is 3.27. The molecule has 0 aliphatic carbocycles. The highest BCUT2D eigenvalue weighted by atomic mass is 16.5. The van der Waals surface area contributed by atoms with Crippen LogP contribution in [0.3, 0.4) is 0 Å². The van der Waals surface area contributed by atoms with Gasteiger partial charge in [0, 0.05) is 23.6 Å². The maximum atomic E-state index is 12.4. The lowest BCUT2D eigenvalue weighted by Crippen LogP contribution is -2.34. The Hall–Kier alpha value is -3.28. The van der Waals surface area contributed by atoms with Gasteiger partial charge in [-0.05, 0) is 42.7 Å². The number of aromatic amines is 1. The average Bonchev–Trinajstić information content (AvgIpc) is 3.06. The Morgan fingerprint density at radius 3 is 2.75 bits per heavy atom. The molecule has 1 amide bonds. The van der Waals surface area contributed by atoms with Crippen LogP contribution in [0.4, 0.5) is 0 Å². The molecule has 0 saturated carbocycles. The van der Waals surface area contributed by atoms with Crippen molar-refractivity contribution in [2.45, 2.75) is 19.8 Å². The van der Waals surface area contributed by atoms with E-state index in [9.17, 15) is 14.7 Å². The number of carboxylic acids is 1. The van der Waals surface area contributed by atoms with Crippen molar-refractivity contribution in [3.63, 3.8) is 0 Å². The van der Waals surface area contributed by atoms with Gasteiger partial charge in [0.15, 0.2) is 0 Å². The maximum Gasteiger partial charge on any atom is 0.308 e. The molecule has 2 aromatic carbocycles. The summed E-state index contributed by atoms with van der Waals surface area (Å²) in [5.74, 6) is -1.08. The number of ether oxygens (including phenoxy) is 1. The quantitative estimate of drug-likeness (QED) is 0.560. The van der Waals surface area contributed by atoms with Gasteiger partial charge in [0.1, 0.15) is 5.75 Å². The van der Waals surface area contributed by atoms with E-state index in [0.717, 1.165) is 33.3 Å². The number of aliphatic carboxylic acids is 1. The third-order valence-corrected chi connectivity index (χ3v) is 4.79. The fourth-order valence-electron chi connectivity index (χ4n) is 3.27. The topological polar surface area (TPSA) is 91.4 Å². The second kappa shape index (κ2) is 8.61. The lowest BCUT2D eigenvalue weighted by molar-refractivity contribution is -0.141. The minimum atomic E-state index is -0.918. The van der Waals surface area contributed by atoms with Gasteiger partial charge in [-0.3, -0.25) is 9.59 Å². The minimum Gasteiger partial charge on any atom is -0.497 e. The zero-order valence-electron chi connectivity index (χ0n) is 16.0. The number of amides is 1. The molecule has 3 aromatic rings. The Morgan fingerprint density at radius 2 is 2.04 bits per heavy atom. The molecule has 3 N–H and O–H groups in total. The molecular formula is C22H24N2O4. The van der Waals surface area contributed by atoms with Gasteiger partial charge in [-0.1, -0.05) is 29.8 Å². The first-order valence-electron chi connectivity index (χ1n) is 9.15. The van der Waals surface area contributed by atoms with Gasteiger partial charge >= 0.3 is 5.97 Å². The highest BCUT2D eigenvalue weighted by Gasteiger charge is 2.19. The summed E-state index contributed by atoms with van der Waals surface area (Å²) in [7, 11) is 1.60. The molecule has 1 heterocycles. The zero-order chi connectivity index (χ0) is 20.1. The Morgan fingerprint density at radius 1 is 1.21 bits per heavy atom. The number of aromatic nitrogens is 1. The van der Waals surface area contributed by atoms with E-state index in [1.807, 2.05) is 49.4 Å². The Kier molecular flexibility index (Phi) is 5.99. The normalized spacial score (nSPS) is 11.9. The van der Waals surface area contributed by atoms with Crippen molar-refractivity contribution in [2.24, 2.45) is 5.92 Å². The molecule has 0 bridgehead atoms. The maximum absolute atomic E-state index is 12.4. The molecule has 1 aromatic heterocycles. The van der Waals surface area contributed by atoms with E-state index in [1.165, 1.54) is 0 Å². The number of carbonyl (C=O) groups excluding carboxylic acids is 1. The van der Waals surface area contributed by atoms with Crippen LogP contribution in [-0.2, 0) is 22.4 Å². The van der Waals surface area contributed by atoms with Crippen LogP contribution in [0.25, 0.3) is 10.9 Å². The fraction of sp³-hybridized carbons (Fsp3) is 0.273. The van der Waals surface area contributed by atoms with Crippen LogP contribution in [0, 0.1) is 12.8 Å².